The molecule has 0 aliphatic rings. The summed E-state index contributed by atoms with van der Waals surface area (Å²) in [4.78, 5) is 4.28. The van der Waals surface area contributed by atoms with E-state index in [0.717, 1.165) is 17.0 Å². The molecule has 0 radical (unpaired) electrons. The molecule has 20 heavy (non-hydrogen) atoms. The number of nitrogens with zero attached hydrogens (tertiary/aromatic N) is 1. The van der Waals surface area contributed by atoms with E-state index in [1.807, 2.05) is 19.9 Å². The van der Waals surface area contributed by atoms with Gasteiger partial charge in [0.15, 0.2) is 0 Å². The predicted molar refractivity (Wildman–Crippen MR) is 77.9 cm³/mol. The van der Waals surface area contributed by atoms with E-state index in [0.29, 0.717) is 16.5 Å². The fraction of sp³-hybridized carbons (Fsp3) is 0.267. The summed E-state index contributed by atoms with van der Waals surface area (Å²) in [5.74, 6) is 6.63. The zero-order chi connectivity index (χ0) is 14.5. The Morgan fingerprint density at radius 3 is 2.80 bits per heavy atom. The summed E-state index contributed by atoms with van der Waals surface area (Å²) in [7, 11) is 0. The van der Waals surface area contributed by atoms with Gasteiger partial charge in [-0.05, 0) is 37.6 Å². The normalized spacial score (nSPS) is 10.2. The Hall–Kier alpha value is -1.77. The fourth-order valence-corrected chi connectivity index (χ4v) is 2.45. The summed E-state index contributed by atoms with van der Waals surface area (Å²) in [5, 5.41) is 0.596. The molecule has 0 atom stereocenters. The quantitative estimate of drug-likeness (QED) is 0.697. The lowest BCUT2D eigenvalue weighted by Gasteiger charge is -2.01. The van der Waals surface area contributed by atoms with E-state index < -0.39 is 0 Å². The van der Waals surface area contributed by atoms with Crippen molar-refractivity contribution in [3.8, 4) is 11.8 Å². The highest BCUT2D eigenvalue weighted by Crippen LogP contribution is 2.24. The highest BCUT2D eigenvalue weighted by atomic mass is 32.2. The molecule has 1 heterocycles. The molecule has 0 fully saturated rings. The third kappa shape index (κ3) is 3.86. The Labute approximate surface area is 121 Å². The summed E-state index contributed by atoms with van der Waals surface area (Å²) in [5.41, 5.74) is 7.66. The van der Waals surface area contributed by atoms with Gasteiger partial charge in [0.1, 0.15) is 11.6 Å². The molecule has 0 spiro atoms. The first-order valence-electron chi connectivity index (χ1n) is 6.13. The maximum absolute atomic E-state index is 13.5. The summed E-state index contributed by atoms with van der Waals surface area (Å²) in [6.07, 6.45) is 0. The van der Waals surface area contributed by atoms with E-state index in [1.54, 1.807) is 0 Å². The summed E-state index contributed by atoms with van der Waals surface area (Å²) in [6.45, 7) is 4.02. The first kappa shape index (κ1) is 14.6. The van der Waals surface area contributed by atoms with Crippen molar-refractivity contribution >= 4 is 11.8 Å². The Kier molecular flexibility index (Phi) is 4.83. The number of aryl methyl sites for hydroxylation is 2. The van der Waals surface area contributed by atoms with Gasteiger partial charge in [-0.2, -0.15) is 0 Å². The second-order valence-corrected chi connectivity index (χ2v) is 5.19. The van der Waals surface area contributed by atoms with Gasteiger partial charge in [0.2, 0.25) is 0 Å². The van der Waals surface area contributed by atoms with Crippen molar-refractivity contribution in [1.29, 1.82) is 0 Å². The zero-order valence-corrected chi connectivity index (χ0v) is 12.2. The first-order chi connectivity index (χ1) is 9.58. The van der Waals surface area contributed by atoms with Gasteiger partial charge in [-0.25, -0.2) is 9.37 Å². The summed E-state index contributed by atoms with van der Waals surface area (Å²) >= 11 is 1.43. The molecule has 5 heteroatoms. The third-order valence-electron chi connectivity index (χ3n) is 2.66. The van der Waals surface area contributed by atoms with E-state index in [9.17, 15) is 4.39 Å². The molecule has 0 saturated carbocycles. The van der Waals surface area contributed by atoms with Crippen molar-refractivity contribution in [3.63, 3.8) is 0 Å². The van der Waals surface area contributed by atoms with Crippen LogP contribution in [0.15, 0.2) is 27.8 Å². The minimum atomic E-state index is -0.302. The highest BCUT2D eigenvalue weighted by Gasteiger charge is 2.07. The van der Waals surface area contributed by atoms with Crippen LogP contribution in [-0.4, -0.2) is 11.5 Å². The van der Waals surface area contributed by atoms with Crippen molar-refractivity contribution < 1.29 is 8.81 Å². The number of rotatable bonds is 3. The molecule has 3 nitrogen and oxygen atoms in total. The van der Waals surface area contributed by atoms with Crippen LogP contribution in [0.5, 0.6) is 0 Å². The minimum absolute atomic E-state index is 0.259. The molecule has 1 aromatic carbocycles. The number of aromatic nitrogens is 1. The lowest BCUT2D eigenvalue weighted by atomic mass is 10.1. The van der Waals surface area contributed by atoms with E-state index in [1.165, 1.54) is 23.9 Å². The largest absolute Gasteiger partial charge is 0.437 e. The van der Waals surface area contributed by atoms with Crippen molar-refractivity contribution in [1.82, 2.24) is 4.98 Å². The van der Waals surface area contributed by atoms with Crippen molar-refractivity contribution in [2.24, 2.45) is 5.73 Å². The number of nitrogens with two attached hydrogens (primary N) is 1. The highest BCUT2D eigenvalue weighted by molar-refractivity contribution is 7.98. The van der Waals surface area contributed by atoms with Gasteiger partial charge in [0.05, 0.1) is 12.2 Å². The van der Waals surface area contributed by atoms with Gasteiger partial charge in [-0.15, -0.1) is 0 Å². The average Bonchev–Trinajstić information content (AvgIpc) is 2.73. The van der Waals surface area contributed by atoms with E-state index in [4.69, 9.17) is 10.2 Å². The topological polar surface area (TPSA) is 52.0 Å². The summed E-state index contributed by atoms with van der Waals surface area (Å²) in [6, 6.07) is 4.74. The maximum Gasteiger partial charge on any atom is 0.256 e. The van der Waals surface area contributed by atoms with Crippen LogP contribution in [0.1, 0.15) is 22.6 Å². The molecule has 104 valence electrons. The number of benzene rings is 1. The smallest absolute Gasteiger partial charge is 0.256 e. The zero-order valence-electron chi connectivity index (χ0n) is 11.4. The van der Waals surface area contributed by atoms with Crippen molar-refractivity contribution in [2.75, 3.05) is 6.54 Å². The molecule has 0 bridgehead atoms. The Balaban J connectivity index is 2.11. The lowest BCUT2D eigenvalue weighted by molar-refractivity contribution is 0.431. The second kappa shape index (κ2) is 6.60. The molecule has 0 aliphatic heterocycles. The molecule has 0 saturated heterocycles. The average molecular weight is 290 g/mol. The standard InChI is InChI=1S/C15H15FN2OS/c1-10-11(2)19-15(18-10)20-9-13-6-12(4-3-5-17)7-14(16)8-13/h6-8H,5,9,17H2,1-2H3. The van der Waals surface area contributed by atoms with Crippen LogP contribution in [0.2, 0.25) is 0 Å². The van der Waals surface area contributed by atoms with Gasteiger partial charge in [-0.1, -0.05) is 23.6 Å². The monoisotopic (exact) mass is 290 g/mol. The predicted octanol–water partition coefficient (Wildman–Crippen LogP) is 3.03. The molecule has 1 aromatic heterocycles. The molecular formula is C15H15FN2OS. The van der Waals surface area contributed by atoms with E-state index in [-0.39, 0.29) is 12.4 Å². The van der Waals surface area contributed by atoms with Crippen LogP contribution in [0.3, 0.4) is 0 Å². The second-order valence-electron chi connectivity index (χ2n) is 4.26. The van der Waals surface area contributed by atoms with Crippen LogP contribution in [0.4, 0.5) is 4.39 Å². The Morgan fingerprint density at radius 1 is 1.35 bits per heavy atom. The van der Waals surface area contributed by atoms with Crippen LogP contribution in [0.25, 0.3) is 0 Å². The molecule has 2 N–H and O–H groups in total. The molecule has 0 unspecified atom stereocenters. The van der Waals surface area contributed by atoms with Crippen LogP contribution >= 0.6 is 11.8 Å². The fourth-order valence-electron chi connectivity index (χ4n) is 1.61. The van der Waals surface area contributed by atoms with Crippen LogP contribution in [-0.2, 0) is 5.75 Å². The number of hydrogen-bond acceptors (Lipinski definition) is 4. The third-order valence-corrected chi connectivity index (χ3v) is 3.56. The minimum Gasteiger partial charge on any atom is -0.437 e. The molecule has 2 rings (SSSR count). The van der Waals surface area contributed by atoms with Gasteiger partial charge in [0.25, 0.3) is 5.22 Å². The van der Waals surface area contributed by atoms with Gasteiger partial charge in [-0.3, -0.25) is 0 Å². The van der Waals surface area contributed by atoms with E-state index >= 15 is 0 Å². The molecule has 0 aliphatic carbocycles. The van der Waals surface area contributed by atoms with Gasteiger partial charge >= 0.3 is 0 Å². The summed E-state index contributed by atoms with van der Waals surface area (Å²) < 4.78 is 19.0. The van der Waals surface area contributed by atoms with E-state index in [2.05, 4.69) is 16.8 Å². The number of thioether (sulfide) groups is 1. The molecule has 0 amide bonds. The Morgan fingerprint density at radius 2 is 2.15 bits per heavy atom. The first-order valence-corrected chi connectivity index (χ1v) is 7.12. The van der Waals surface area contributed by atoms with Crippen molar-refractivity contribution in [2.45, 2.75) is 24.8 Å². The van der Waals surface area contributed by atoms with Gasteiger partial charge < -0.3 is 10.2 Å². The van der Waals surface area contributed by atoms with Crippen LogP contribution < -0.4 is 5.73 Å². The number of hydrogen-bond donors (Lipinski definition) is 1. The van der Waals surface area contributed by atoms with Crippen molar-refractivity contribution in [3.05, 3.63) is 46.6 Å². The van der Waals surface area contributed by atoms with Gasteiger partial charge in [0, 0.05) is 11.3 Å². The Bertz CT molecular complexity index is 651. The number of halogens is 1. The number of oxazole rings is 1. The van der Waals surface area contributed by atoms with Crippen LogP contribution in [0, 0.1) is 31.5 Å². The SMILES string of the molecule is Cc1nc(SCc2cc(F)cc(C#CCN)c2)oc1C. The lowest BCUT2D eigenvalue weighted by Crippen LogP contribution is -1.93. The maximum atomic E-state index is 13.5. The molecule has 2 aromatic rings. The molecular weight excluding hydrogens is 275 g/mol.